The van der Waals surface area contributed by atoms with Crippen LogP contribution in [0.25, 0.3) is 0 Å². The van der Waals surface area contributed by atoms with E-state index in [9.17, 15) is 4.39 Å². The standard InChI is InChI=1S/C14H12Br2ClFN2/c15-9-5-4-8(11(17)7-9)6-13(20-19)14-10(16)2-1-3-12(14)18/h1-5,7,13,20H,6,19H2. The molecule has 0 amide bonds. The van der Waals surface area contributed by atoms with Crippen molar-refractivity contribution in [2.45, 2.75) is 12.5 Å². The lowest BCUT2D eigenvalue weighted by atomic mass is 9.99. The van der Waals surface area contributed by atoms with E-state index in [1.165, 1.54) is 6.07 Å². The third kappa shape index (κ3) is 3.59. The second-order valence-electron chi connectivity index (χ2n) is 4.29. The Bertz CT molecular complexity index is 602. The summed E-state index contributed by atoms with van der Waals surface area (Å²) < 4.78 is 15.6. The van der Waals surface area contributed by atoms with Crippen molar-refractivity contribution in [3.8, 4) is 0 Å². The van der Waals surface area contributed by atoms with Crippen molar-refractivity contribution >= 4 is 43.5 Å². The van der Waals surface area contributed by atoms with E-state index < -0.39 is 0 Å². The molecule has 20 heavy (non-hydrogen) atoms. The first-order chi connectivity index (χ1) is 9.52. The van der Waals surface area contributed by atoms with Crippen molar-refractivity contribution in [2.75, 3.05) is 0 Å². The first-order valence-corrected chi connectivity index (χ1v) is 7.83. The predicted molar refractivity (Wildman–Crippen MR) is 87.0 cm³/mol. The van der Waals surface area contributed by atoms with Crippen molar-refractivity contribution in [3.05, 3.63) is 67.3 Å². The molecule has 1 atom stereocenters. The summed E-state index contributed by atoms with van der Waals surface area (Å²) in [6.45, 7) is 0. The van der Waals surface area contributed by atoms with Gasteiger partial charge in [0.25, 0.3) is 0 Å². The molecule has 106 valence electrons. The quantitative estimate of drug-likeness (QED) is 0.551. The molecule has 0 aromatic heterocycles. The topological polar surface area (TPSA) is 38.0 Å². The fourth-order valence-corrected chi connectivity index (χ4v) is 3.36. The van der Waals surface area contributed by atoms with E-state index in [-0.39, 0.29) is 11.9 Å². The van der Waals surface area contributed by atoms with Gasteiger partial charge < -0.3 is 0 Å². The van der Waals surface area contributed by atoms with Gasteiger partial charge in [0.2, 0.25) is 0 Å². The molecule has 0 radical (unpaired) electrons. The summed E-state index contributed by atoms with van der Waals surface area (Å²) in [5.41, 5.74) is 4.04. The van der Waals surface area contributed by atoms with E-state index in [1.54, 1.807) is 18.2 Å². The maximum atomic E-state index is 14.0. The lowest BCUT2D eigenvalue weighted by molar-refractivity contribution is 0.508. The van der Waals surface area contributed by atoms with Crippen molar-refractivity contribution in [2.24, 2.45) is 5.84 Å². The lowest BCUT2D eigenvalue weighted by Crippen LogP contribution is -2.30. The van der Waals surface area contributed by atoms with Crippen LogP contribution in [-0.4, -0.2) is 0 Å². The molecule has 0 fully saturated rings. The Hall–Kier alpha value is -0.460. The van der Waals surface area contributed by atoms with Gasteiger partial charge in [-0.15, -0.1) is 0 Å². The summed E-state index contributed by atoms with van der Waals surface area (Å²) in [6.07, 6.45) is 0.488. The molecule has 0 saturated heterocycles. The van der Waals surface area contributed by atoms with Crippen molar-refractivity contribution < 1.29 is 4.39 Å². The highest BCUT2D eigenvalue weighted by Crippen LogP contribution is 2.31. The van der Waals surface area contributed by atoms with Gasteiger partial charge in [0.1, 0.15) is 5.82 Å². The van der Waals surface area contributed by atoms with Gasteiger partial charge in [-0.1, -0.05) is 55.6 Å². The summed E-state index contributed by atoms with van der Waals surface area (Å²) in [4.78, 5) is 0. The average Bonchev–Trinajstić information content (AvgIpc) is 2.39. The zero-order valence-corrected chi connectivity index (χ0v) is 14.3. The second kappa shape index (κ2) is 7.00. The summed E-state index contributed by atoms with van der Waals surface area (Å²) in [7, 11) is 0. The molecule has 0 spiro atoms. The molecule has 3 N–H and O–H groups in total. The van der Waals surface area contributed by atoms with E-state index in [0.29, 0.717) is 21.5 Å². The third-order valence-electron chi connectivity index (χ3n) is 2.99. The molecule has 0 bridgehead atoms. The number of nitrogens with two attached hydrogens (primary N) is 1. The maximum absolute atomic E-state index is 14.0. The van der Waals surface area contributed by atoms with E-state index >= 15 is 0 Å². The number of benzene rings is 2. The molecule has 2 aromatic rings. The van der Waals surface area contributed by atoms with Crippen LogP contribution in [0.5, 0.6) is 0 Å². The Morgan fingerprint density at radius 1 is 1.25 bits per heavy atom. The van der Waals surface area contributed by atoms with Crippen LogP contribution in [0.1, 0.15) is 17.2 Å². The minimum atomic E-state index is -0.371. The van der Waals surface area contributed by atoms with Crippen LogP contribution in [0.3, 0.4) is 0 Å². The van der Waals surface area contributed by atoms with E-state index in [2.05, 4.69) is 37.3 Å². The normalized spacial score (nSPS) is 12.4. The van der Waals surface area contributed by atoms with E-state index in [4.69, 9.17) is 17.4 Å². The predicted octanol–water partition coefficient (Wildman–Crippen LogP) is 4.75. The fraction of sp³-hybridized carbons (Fsp3) is 0.143. The largest absolute Gasteiger partial charge is 0.271 e. The molecule has 0 aliphatic carbocycles. The van der Waals surface area contributed by atoms with Gasteiger partial charge in [0.15, 0.2) is 0 Å². The van der Waals surface area contributed by atoms with Crippen LogP contribution < -0.4 is 11.3 Å². The first-order valence-electron chi connectivity index (χ1n) is 5.87. The molecule has 0 aliphatic rings. The van der Waals surface area contributed by atoms with Gasteiger partial charge in [-0.3, -0.25) is 11.3 Å². The molecule has 1 unspecified atom stereocenters. The highest BCUT2D eigenvalue weighted by atomic mass is 79.9. The lowest BCUT2D eigenvalue weighted by Gasteiger charge is -2.19. The maximum Gasteiger partial charge on any atom is 0.129 e. The Kier molecular flexibility index (Phi) is 5.57. The summed E-state index contributed by atoms with van der Waals surface area (Å²) >= 11 is 12.9. The first kappa shape index (κ1) is 15.9. The van der Waals surface area contributed by atoms with Crippen LogP contribution in [0.15, 0.2) is 45.3 Å². The monoisotopic (exact) mass is 420 g/mol. The van der Waals surface area contributed by atoms with Gasteiger partial charge in [-0.25, -0.2) is 4.39 Å². The summed E-state index contributed by atoms with van der Waals surface area (Å²) in [5, 5.41) is 0.618. The van der Waals surface area contributed by atoms with Crippen LogP contribution in [0.4, 0.5) is 4.39 Å². The Balaban J connectivity index is 2.34. The molecule has 0 saturated carbocycles. The van der Waals surface area contributed by atoms with Crippen molar-refractivity contribution in [3.63, 3.8) is 0 Å². The van der Waals surface area contributed by atoms with Crippen molar-refractivity contribution in [1.29, 1.82) is 0 Å². The highest BCUT2D eigenvalue weighted by Gasteiger charge is 2.19. The van der Waals surface area contributed by atoms with Crippen LogP contribution in [0, 0.1) is 5.82 Å². The molecule has 0 heterocycles. The Labute approximate surface area is 138 Å². The number of halogens is 4. The van der Waals surface area contributed by atoms with Gasteiger partial charge >= 0.3 is 0 Å². The van der Waals surface area contributed by atoms with Gasteiger partial charge in [-0.2, -0.15) is 0 Å². The SMILES string of the molecule is NNC(Cc1ccc(Br)cc1Cl)c1c(F)cccc1Br. The Morgan fingerprint density at radius 3 is 2.60 bits per heavy atom. The minimum absolute atomic E-state index is 0.310. The number of hydrogen-bond donors (Lipinski definition) is 2. The molecule has 0 aliphatic heterocycles. The van der Waals surface area contributed by atoms with Gasteiger partial charge in [0, 0.05) is 19.5 Å². The smallest absolute Gasteiger partial charge is 0.129 e. The number of rotatable bonds is 4. The zero-order valence-electron chi connectivity index (χ0n) is 10.3. The number of hydrogen-bond acceptors (Lipinski definition) is 2. The minimum Gasteiger partial charge on any atom is -0.271 e. The molecule has 2 nitrogen and oxygen atoms in total. The van der Waals surface area contributed by atoms with E-state index in [1.807, 2.05) is 12.1 Å². The second-order valence-corrected chi connectivity index (χ2v) is 6.47. The van der Waals surface area contributed by atoms with Crippen molar-refractivity contribution in [1.82, 2.24) is 5.43 Å². The van der Waals surface area contributed by atoms with Crippen LogP contribution >= 0.6 is 43.5 Å². The van der Waals surface area contributed by atoms with Gasteiger partial charge in [0.05, 0.1) is 6.04 Å². The molecule has 6 heteroatoms. The molecular weight excluding hydrogens is 410 g/mol. The molecular formula is C14H12Br2ClFN2. The average molecular weight is 423 g/mol. The van der Waals surface area contributed by atoms with Crippen LogP contribution in [-0.2, 0) is 6.42 Å². The van der Waals surface area contributed by atoms with E-state index in [0.717, 1.165) is 10.0 Å². The summed E-state index contributed by atoms with van der Waals surface area (Å²) in [5.74, 6) is 5.27. The summed E-state index contributed by atoms with van der Waals surface area (Å²) in [6, 6.07) is 10.1. The number of nitrogens with one attached hydrogen (secondary N) is 1. The third-order valence-corrected chi connectivity index (χ3v) is 4.53. The zero-order chi connectivity index (χ0) is 14.7. The highest BCUT2D eigenvalue weighted by molar-refractivity contribution is 9.10. The van der Waals surface area contributed by atoms with Crippen LogP contribution in [0.2, 0.25) is 5.02 Å². The van der Waals surface area contributed by atoms with Gasteiger partial charge in [-0.05, 0) is 36.2 Å². The number of hydrazine groups is 1. The fourth-order valence-electron chi connectivity index (χ4n) is 2.00. The Morgan fingerprint density at radius 2 is 2.00 bits per heavy atom. The molecule has 2 rings (SSSR count). The molecule has 2 aromatic carbocycles.